The second-order valence-corrected chi connectivity index (χ2v) is 7.40. The molecule has 2 aromatic carbocycles. The van der Waals surface area contributed by atoms with Gasteiger partial charge in [-0.25, -0.2) is 19.0 Å². The van der Waals surface area contributed by atoms with E-state index in [0.29, 0.717) is 5.75 Å². The number of hydrogen-bond acceptors (Lipinski definition) is 4. The molecule has 4 aromatic rings. The molecule has 2 aromatic heterocycles. The van der Waals surface area contributed by atoms with Gasteiger partial charge in [0.15, 0.2) is 11.6 Å². The molecule has 0 unspecified atom stereocenters. The maximum atomic E-state index is 13.1. The van der Waals surface area contributed by atoms with Gasteiger partial charge in [-0.15, -0.1) is 0 Å². The fourth-order valence-corrected chi connectivity index (χ4v) is 3.61. The summed E-state index contributed by atoms with van der Waals surface area (Å²) in [5, 5.41) is 3.84. The number of aromatic nitrogens is 4. The zero-order valence-corrected chi connectivity index (χ0v) is 15.9. The fourth-order valence-electron chi connectivity index (χ4n) is 3.61. The van der Waals surface area contributed by atoms with Gasteiger partial charge in [0.1, 0.15) is 5.75 Å². The van der Waals surface area contributed by atoms with Gasteiger partial charge in [0, 0.05) is 5.41 Å². The second kappa shape index (κ2) is 6.81. The number of halogens is 1. The zero-order valence-electron chi connectivity index (χ0n) is 15.9. The Hall–Kier alpha value is -3.54. The van der Waals surface area contributed by atoms with Crippen molar-refractivity contribution in [3.63, 3.8) is 0 Å². The van der Waals surface area contributed by atoms with E-state index in [1.165, 1.54) is 40.4 Å². The molecule has 0 atom stereocenters. The molecule has 1 saturated carbocycles. The lowest BCUT2D eigenvalue weighted by molar-refractivity contribution is 0.476. The van der Waals surface area contributed by atoms with Gasteiger partial charge >= 0.3 is 0 Å². The molecule has 1 aliphatic carbocycles. The van der Waals surface area contributed by atoms with E-state index in [9.17, 15) is 4.39 Å². The number of hydrogen-bond donors (Lipinski definition) is 0. The summed E-state index contributed by atoms with van der Waals surface area (Å²) >= 11 is 0. The van der Waals surface area contributed by atoms with Gasteiger partial charge in [0.2, 0.25) is 0 Å². The van der Waals surface area contributed by atoms with Crippen LogP contribution in [0.25, 0.3) is 5.95 Å². The normalized spacial score (nSPS) is 14.6. The van der Waals surface area contributed by atoms with Crippen LogP contribution in [0.2, 0.25) is 0 Å². The van der Waals surface area contributed by atoms with Gasteiger partial charge in [-0.1, -0.05) is 42.0 Å². The highest BCUT2D eigenvalue weighted by Gasteiger charge is 2.45. The first-order valence-corrected chi connectivity index (χ1v) is 9.51. The summed E-state index contributed by atoms with van der Waals surface area (Å²) in [7, 11) is 0. The molecule has 0 N–H and O–H groups in total. The molecule has 0 amide bonds. The van der Waals surface area contributed by atoms with Crippen LogP contribution in [0.5, 0.6) is 11.5 Å². The van der Waals surface area contributed by atoms with Crippen molar-refractivity contribution in [2.45, 2.75) is 25.2 Å². The van der Waals surface area contributed by atoms with Crippen molar-refractivity contribution < 1.29 is 9.13 Å². The van der Waals surface area contributed by atoms with E-state index >= 15 is 0 Å². The van der Waals surface area contributed by atoms with Crippen LogP contribution >= 0.6 is 0 Å². The summed E-state index contributed by atoms with van der Waals surface area (Å²) in [4.78, 5) is 8.34. The van der Waals surface area contributed by atoms with Crippen LogP contribution in [0.1, 0.15) is 29.5 Å². The van der Waals surface area contributed by atoms with Crippen LogP contribution in [0.4, 0.5) is 4.39 Å². The third-order valence-electron chi connectivity index (χ3n) is 5.37. The van der Waals surface area contributed by atoms with Crippen LogP contribution in [-0.4, -0.2) is 19.7 Å². The van der Waals surface area contributed by atoms with Crippen molar-refractivity contribution >= 4 is 0 Å². The van der Waals surface area contributed by atoms with E-state index in [0.717, 1.165) is 11.9 Å². The van der Waals surface area contributed by atoms with Crippen LogP contribution in [0.15, 0.2) is 73.3 Å². The van der Waals surface area contributed by atoms with E-state index in [4.69, 9.17) is 4.74 Å². The van der Waals surface area contributed by atoms with Crippen molar-refractivity contribution in [2.24, 2.45) is 0 Å². The Bertz CT molecular complexity index is 1130. The summed E-state index contributed by atoms with van der Waals surface area (Å²) in [5.41, 5.74) is 4.09. The predicted molar refractivity (Wildman–Crippen MR) is 107 cm³/mol. The Morgan fingerprint density at radius 2 is 1.48 bits per heavy atom. The molecular weight excluding hydrogens is 367 g/mol. The van der Waals surface area contributed by atoms with Crippen molar-refractivity contribution in [3.05, 3.63) is 95.8 Å². The van der Waals surface area contributed by atoms with E-state index < -0.39 is 5.82 Å². The molecule has 0 radical (unpaired) electrons. The molecular formula is C23H19FN4O. The molecule has 0 bridgehead atoms. The third kappa shape index (κ3) is 3.38. The van der Waals surface area contributed by atoms with E-state index in [1.807, 2.05) is 12.1 Å². The van der Waals surface area contributed by atoms with E-state index in [-0.39, 0.29) is 11.4 Å². The molecule has 5 nitrogen and oxygen atoms in total. The van der Waals surface area contributed by atoms with Crippen LogP contribution in [-0.2, 0) is 5.41 Å². The molecule has 6 heteroatoms. The van der Waals surface area contributed by atoms with Gasteiger partial charge in [-0.05, 0) is 43.0 Å². The van der Waals surface area contributed by atoms with E-state index in [2.05, 4.69) is 58.4 Å². The van der Waals surface area contributed by atoms with Crippen LogP contribution in [0.3, 0.4) is 0 Å². The molecule has 2 heterocycles. The van der Waals surface area contributed by atoms with Crippen LogP contribution < -0.4 is 4.74 Å². The number of nitrogens with zero attached hydrogens (tertiary/aromatic N) is 4. The van der Waals surface area contributed by atoms with Gasteiger partial charge in [0.25, 0.3) is 5.95 Å². The first-order chi connectivity index (χ1) is 14.1. The fraction of sp³-hybridized carbons (Fsp3) is 0.174. The summed E-state index contributed by atoms with van der Waals surface area (Å²) in [6.45, 7) is 2.11. The lowest BCUT2D eigenvalue weighted by Crippen LogP contribution is -2.08. The predicted octanol–water partition coefficient (Wildman–Crippen LogP) is 4.98. The molecule has 1 aliphatic rings. The van der Waals surface area contributed by atoms with Crippen molar-refractivity contribution in [2.75, 3.05) is 0 Å². The molecule has 29 heavy (non-hydrogen) atoms. The lowest BCUT2D eigenvalue weighted by atomic mass is 9.88. The van der Waals surface area contributed by atoms with Gasteiger partial charge < -0.3 is 4.74 Å². The van der Waals surface area contributed by atoms with Gasteiger partial charge in [0.05, 0.1) is 24.8 Å². The van der Waals surface area contributed by atoms with E-state index in [1.54, 1.807) is 12.4 Å². The number of benzene rings is 2. The summed E-state index contributed by atoms with van der Waals surface area (Å²) in [6, 6.07) is 17.0. The van der Waals surface area contributed by atoms with Crippen molar-refractivity contribution in [1.82, 2.24) is 19.7 Å². The standard InChI is InChI=1S/C23H19FN4O/c1-16-2-4-17(5-3-16)23(10-11-23)18-6-8-20(9-7-18)29-21-13-25-22(26-14-21)28-15-19(24)12-27-28/h2-9,12-15H,10-11H2,1H3. The highest BCUT2D eigenvalue weighted by molar-refractivity contribution is 5.47. The lowest BCUT2D eigenvalue weighted by Gasteiger charge is -2.17. The Kier molecular flexibility index (Phi) is 4.12. The highest BCUT2D eigenvalue weighted by Crippen LogP contribution is 2.53. The minimum absolute atomic E-state index is 0.135. The third-order valence-corrected chi connectivity index (χ3v) is 5.37. The second-order valence-electron chi connectivity index (χ2n) is 7.40. The average molecular weight is 386 g/mol. The maximum absolute atomic E-state index is 13.1. The SMILES string of the molecule is Cc1ccc(C2(c3ccc(Oc4cnc(-n5cc(F)cn5)nc4)cc3)CC2)cc1. The molecule has 144 valence electrons. The molecule has 5 rings (SSSR count). The Morgan fingerprint density at radius 3 is 2.03 bits per heavy atom. The number of ether oxygens (including phenoxy) is 1. The summed E-state index contributed by atoms with van der Waals surface area (Å²) in [5.74, 6) is 1.07. The number of rotatable bonds is 5. The van der Waals surface area contributed by atoms with Gasteiger partial charge in [-0.3, -0.25) is 0 Å². The van der Waals surface area contributed by atoms with Crippen molar-refractivity contribution in [3.8, 4) is 17.4 Å². The van der Waals surface area contributed by atoms with Crippen LogP contribution in [0, 0.1) is 12.7 Å². The average Bonchev–Trinajstić information content (AvgIpc) is 3.44. The maximum Gasteiger partial charge on any atom is 0.250 e. The Balaban J connectivity index is 1.31. The quantitative estimate of drug-likeness (QED) is 0.485. The molecule has 1 fully saturated rings. The molecule has 0 spiro atoms. The van der Waals surface area contributed by atoms with Crippen molar-refractivity contribution in [1.29, 1.82) is 0 Å². The smallest absolute Gasteiger partial charge is 0.250 e. The number of aryl methyl sites for hydroxylation is 1. The highest BCUT2D eigenvalue weighted by atomic mass is 19.1. The topological polar surface area (TPSA) is 52.8 Å². The first-order valence-electron chi connectivity index (χ1n) is 9.51. The molecule has 0 aliphatic heterocycles. The molecule has 0 saturated heterocycles. The van der Waals surface area contributed by atoms with Gasteiger partial charge in [-0.2, -0.15) is 5.10 Å². The Labute approximate surface area is 167 Å². The summed E-state index contributed by atoms with van der Waals surface area (Å²) < 4.78 is 20.2. The Morgan fingerprint density at radius 1 is 0.862 bits per heavy atom. The largest absolute Gasteiger partial charge is 0.454 e. The summed E-state index contributed by atoms with van der Waals surface area (Å²) in [6.07, 6.45) is 7.75. The monoisotopic (exact) mass is 386 g/mol. The minimum Gasteiger partial charge on any atom is -0.454 e. The minimum atomic E-state index is -0.437. The zero-order chi connectivity index (χ0) is 19.8. The first kappa shape index (κ1) is 17.6.